The van der Waals surface area contributed by atoms with Gasteiger partial charge in [0.1, 0.15) is 6.73 Å². The molecule has 4 heteroatoms. The highest BCUT2D eigenvalue weighted by molar-refractivity contribution is 5.85. The van der Waals surface area contributed by atoms with Crippen molar-refractivity contribution in [1.82, 2.24) is 5.48 Å². The third-order valence-electron chi connectivity index (χ3n) is 0.593. The number of nitrogens with one attached hydrogen (secondary N) is 1. The van der Waals surface area contributed by atoms with E-state index in [0.29, 0.717) is 19.9 Å². The number of hydrogen-bond acceptors (Lipinski definition) is 3. The van der Waals surface area contributed by atoms with Crippen LogP contribution in [-0.2, 0) is 9.57 Å². The molecule has 0 amide bonds. The average Bonchev–Trinajstić information content (AvgIpc) is 1.72. The van der Waals surface area contributed by atoms with Crippen LogP contribution >= 0.6 is 12.4 Å². The van der Waals surface area contributed by atoms with Crippen molar-refractivity contribution in [2.75, 3.05) is 19.9 Å². The van der Waals surface area contributed by atoms with E-state index < -0.39 is 0 Å². The lowest BCUT2D eigenvalue weighted by Gasteiger charge is -2.10. The first-order chi connectivity index (χ1) is 3.00. The molecule has 0 saturated carbocycles. The van der Waals surface area contributed by atoms with E-state index >= 15 is 0 Å². The van der Waals surface area contributed by atoms with Crippen molar-refractivity contribution >= 4 is 12.4 Å². The fraction of sp³-hybridized carbons (Fsp3) is 1.00. The summed E-state index contributed by atoms with van der Waals surface area (Å²) in [5.41, 5.74) is 2.56. The van der Waals surface area contributed by atoms with Crippen molar-refractivity contribution in [2.24, 2.45) is 0 Å². The van der Waals surface area contributed by atoms with E-state index in [1.165, 1.54) is 0 Å². The van der Waals surface area contributed by atoms with E-state index in [2.05, 4.69) is 5.48 Å². The Morgan fingerprint density at radius 3 is 2.29 bits per heavy atom. The first-order valence-electron chi connectivity index (χ1n) is 1.92. The molecule has 0 spiro atoms. The number of halogens is 1. The zero-order valence-corrected chi connectivity index (χ0v) is 4.66. The van der Waals surface area contributed by atoms with Crippen molar-refractivity contribution in [2.45, 2.75) is 0 Å². The van der Waals surface area contributed by atoms with Gasteiger partial charge in [-0.3, -0.25) is 4.84 Å². The number of hydroxylamine groups is 1. The zero-order valence-electron chi connectivity index (χ0n) is 3.85. The predicted molar refractivity (Wildman–Crippen MR) is 27.2 cm³/mol. The fourth-order valence-electron chi connectivity index (χ4n) is 0.328. The van der Waals surface area contributed by atoms with Crippen LogP contribution < -0.4 is 5.48 Å². The van der Waals surface area contributed by atoms with Gasteiger partial charge in [0.05, 0.1) is 13.2 Å². The SMILES string of the molecule is C1CONCO1.Cl. The van der Waals surface area contributed by atoms with Gasteiger partial charge in [0, 0.05) is 0 Å². The summed E-state index contributed by atoms with van der Waals surface area (Å²) in [4.78, 5) is 4.69. The highest BCUT2D eigenvalue weighted by Crippen LogP contribution is 1.78. The van der Waals surface area contributed by atoms with Gasteiger partial charge in [-0.25, -0.2) is 0 Å². The van der Waals surface area contributed by atoms with Crippen molar-refractivity contribution in [3.8, 4) is 0 Å². The smallest absolute Gasteiger partial charge is 0.119 e. The van der Waals surface area contributed by atoms with Gasteiger partial charge in [-0.15, -0.1) is 12.4 Å². The van der Waals surface area contributed by atoms with Gasteiger partial charge < -0.3 is 4.74 Å². The Balaban J connectivity index is 0.000000360. The maximum Gasteiger partial charge on any atom is 0.119 e. The normalized spacial score (nSPS) is 20.6. The molecule has 0 atom stereocenters. The molecule has 1 aliphatic heterocycles. The van der Waals surface area contributed by atoms with Gasteiger partial charge in [-0.05, 0) is 0 Å². The molecule has 1 saturated heterocycles. The topological polar surface area (TPSA) is 30.5 Å². The second kappa shape index (κ2) is 4.33. The Morgan fingerprint density at radius 1 is 1.29 bits per heavy atom. The van der Waals surface area contributed by atoms with Crippen LogP contribution in [0.5, 0.6) is 0 Å². The summed E-state index contributed by atoms with van der Waals surface area (Å²) in [6, 6.07) is 0. The van der Waals surface area contributed by atoms with Crippen LogP contribution in [0, 0.1) is 0 Å². The second-order valence-electron chi connectivity index (χ2n) is 1.05. The lowest BCUT2D eigenvalue weighted by molar-refractivity contribution is -0.104. The molecule has 7 heavy (non-hydrogen) atoms. The predicted octanol–water partition coefficient (Wildman–Crippen LogP) is -0.0829. The number of hydrogen-bond donors (Lipinski definition) is 1. The van der Waals surface area contributed by atoms with Crippen LogP contribution in [-0.4, -0.2) is 19.9 Å². The van der Waals surface area contributed by atoms with Gasteiger partial charge >= 0.3 is 0 Å². The van der Waals surface area contributed by atoms with Crippen molar-refractivity contribution < 1.29 is 9.57 Å². The summed E-state index contributed by atoms with van der Waals surface area (Å²) in [6.07, 6.45) is 0. The minimum Gasteiger partial charge on any atom is -0.362 e. The van der Waals surface area contributed by atoms with E-state index in [0.717, 1.165) is 0 Å². The minimum absolute atomic E-state index is 0. The molecule has 0 unspecified atom stereocenters. The molecule has 1 rings (SSSR count). The Hall–Kier alpha value is 0.170. The molecule has 0 aromatic heterocycles. The molecule has 0 radical (unpaired) electrons. The first kappa shape index (κ1) is 7.17. The average molecular weight is 126 g/mol. The molecule has 0 bridgehead atoms. The fourth-order valence-corrected chi connectivity index (χ4v) is 0.328. The second-order valence-corrected chi connectivity index (χ2v) is 1.05. The zero-order chi connectivity index (χ0) is 4.24. The molecular formula is C3H8ClNO2. The standard InChI is InChI=1S/C3H7NO2.ClH/c1-2-6-4-3-5-1;/h4H,1-3H2;1H. The maximum absolute atomic E-state index is 4.83. The van der Waals surface area contributed by atoms with Crippen molar-refractivity contribution in [1.29, 1.82) is 0 Å². The maximum atomic E-state index is 4.83. The highest BCUT2D eigenvalue weighted by Gasteiger charge is 1.93. The summed E-state index contributed by atoms with van der Waals surface area (Å²) >= 11 is 0. The van der Waals surface area contributed by atoms with Gasteiger partial charge in [0.15, 0.2) is 0 Å². The van der Waals surface area contributed by atoms with Crippen LogP contribution in [0.1, 0.15) is 0 Å². The first-order valence-corrected chi connectivity index (χ1v) is 1.92. The Bertz CT molecular complexity index is 28.4. The van der Waals surface area contributed by atoms with Crippen molar-refractivity contribution in [3.63, 3.8) is 0 Å². The Morgan fingerprint density at radius 2 is 2.14 bits per heavy atom. The van der Waals surface area contributed by atoms with Gasteiger partial charge in [0.25, 0.3) is 0 Å². The number of ether oxygens (including phenoxy) is 1. The summed E-state index contributed by atoms with van der Waals surface area (Å²) in [6.45, 7) is 1.91. The summed E-state index contributed by atoms with van der Waals surface area (Å²) < 4.78 is 4.83. The lowest BCUT2D eigenvalue weighted by Crippen LogP contribution is -2.27. The van der Waals surface area contributed by atoms with Gasteiger partial charge in [0.2, 0.25) is 0 Å². The Labute approximate surface area is 48.3 Å². The lowest BCUT2D eigenvalue weighted by atomic mass is 10.8. The summed E-state index contributed by atoms with van der Waals surface area (Å²) in [5, 5.41) is 0. The van der Waals surface area contributed by atoms with E-state index in [4.69, 9.17) is 9.57 Å². The quantitative estimate of drug-likeness (QED) is 0.491. The van der Waals surface area contributed by atoms with Crippen LogP contribution in [0.25, 0.3) is 0 Å². The van der Waals surface area contributed by atoms with E-state index in [-0.39, 0.29) is 12.4 Å². The van der Waals surface area contributed by atoms with Gasteiger partial charge in [-0.1, -0.05) is 0 Å². The van der Waals surface area contributed by atoms with Crippen LogP contribution in [0.15, 0.2) is 0 Å². The molecule has 1 aliphatic rings. The molecule has 1 fully saturated rings. The number of rotatable bonds is 0. The van der Waals surface area contributed by atoms with Crippen LogP contribution in [0.4, 0.5) is 0 Å². The molecule has 0 aromatic carbocycles. The molecule has 44 valence electrons. The third-order valence-corrected chi connectivity index (χ3v) is 0.593. The molecule has 0 aliphatic carbocycles. The summed E-state index contributed by atoms with van der Waals surface area (Å²) in [5.74, 6) is 0. The monoisotopic (exact) mass is 125 g/mol. The largest absolute Gasteiger partial charge is 0.362 e. The molecule has 1 N–H and O–H groups in total. The molecule has 0 aromatic rings. The molecule has 3 nitrogen and oxygen atoms in total. The highest BCUT2D eigenvalue weighted by atomic mass is 35.5. The van der Waals surface area contributed by atoms with E-state index in [1.807, 2.05) is 0 Å². The van der Waals surface area contributed by atoms with Crippen LogP contribution in [0.3, 0.4) is 0 Å². The Kier molecular flexibility index (Phi) is 4.44. The van der Waals surface area contributed by atoms with Crippen molar-refractivity contribution in [3.05, 3.63) is 0 Å². The van der Waals surface area contributed by atoms with E-state index in [9.17, 15) is 0 Å². The molecule has 1 heterocycles. The molecular weight excluding hydrogens is 117 g/mol. The minimum atomic E-state index is 0. The van der Waals surface area contributed by atoms with E-state index in [1.54, 1.807) is 0 Å². The summed E-state index contributed by atoms with van der Waals surface area (Å²) in [7, 11) is 0. The van der Waals surface area contributed by atoms with Gasteiger partial charge in [-0.2, -0.15) is 5.48 Å². The third kappa shape index (κ3) is 2.82. The van der Waals surface area contributed by atoms with Crippen LogP contribution in [0.2, 0.25) is 0 Å².